The molecule has 0 radical (unpaired) electrons. The van der Waals surface area contributed by atoms with E-state index in [1.807, 2.05) is 42.9 Å². The van der Waals surface area contributed by atoms with Crippen LogP contribution in [0, 0.1) is 6.92 Å². The number of aromatic nitrogens is 1. The second-order valence-corrected chi connectivity index (χ2v) is 9.40. The number of hydrogen-bond donors (Lipinski definition) is 1. The quantitative estimate of drug-likeness (QED) is 0.352. The van der Waals surface area contributed by atoms with Gasteiger partial charge in [0.15, 0.2) is 5.76 Å². The fourth-order valence-corrected chi connectivity index (χ4v) is 4.77. The van der Waals surface area contributed by atoms with Crippen molar-refractivity contribution in [2.24, 2.45) is 7.05 Å². The Hall–Kier alpha value is -3.25. The number of rotatable bonds is 10. The van der Waals surface area contributed by atoms with Gasteiger partial charge >= 0.3 is 0 Å². The number of benzene rings is 2. The topological polar surface area (TPSA) is 63.9 Å². The van der Waals surface area contributed by atoms with Gasteiger partial charge in [0.05, 0.1) is 18.2 Å². The summed E-state index contributed by atoms with van der Waals surface area (Å²) in [5.41, 5.74) is 3.89. The molecule has 6 nitrogen and oxygen atoms in total. The van der Waals surface area contributed by atoms with Crippen LogP contribution >= 0.6 is 0 Å². The molecule has 0 spiro atoms. The van der Waals surface area contributed by atoms with Crippen molar-refractivity contribution in [2.75, 3.05) is 20.2 Å². The van der Waals surface area contributed by atoms with Crippen molar-refractivity contribution in [3.8, 4) is 17.2 Å². The summed E-state index contributed by atoms with van der Waals surface area (Å²) in [5.74, 6) is 1.57. The molecule has 0 aliphatic carbocycles. The zero-order valence-electron chi connectivity index (χ0n) is 21.5. The van der Waals surface area contributed by atoms with E-state index in [4.69, 9.17) is 9.47 Å². The van der Waals surface area contributed by atoms with Gasteiger partial charge in [-0.2, -0.15) is 0 Å². The third-order valence-corrected chi connectivity index (χ3v) is 6.77. The monoisotopic (exact) mass is 476 g/mol. The van der Waals surface area contributed by atoms with Crippen molar-refractivity contribution in [2.45, 2.75) is 53.0 Å². The van der Waals surface area contributed by atoms with Gasteiger partial charge in [0.2, 0.25) is 5.78 Å². The molecule has 0 amide bonds. The van der Waals surface area contributed by atoms with Gasteiger partial charge in [-0.25, -0.2) is 0 Å². The zero-order valence-corrected chi connectivity index (χ0v) is 21.5. The van der Waals surface area contributed by atoms with Crippen molar-refractivity contribution >= 4 is 22.8 Å². The first-order valence-electron chi connectivity index (χ1n) is 12.5. The molecule has 0 unspecified atom stereocenters. The molecule has 1 aliphatic heterocycles. The largest absolute Gasteiger partial charge is 0.507 e. The van der Waals surface area contributed by atoms with Crippen molar-refractivity contribution < 1.29 is 19.4 Å². The molecule has 186 valence electrons. The standard InChI is InChI=1S/C29H36N2O4/c1-6-8-12-31(13-9-7-2)18-23-25(32)14-19(3)27-28(33)26(35-29(23)27)15-20-17-30(4)24-11-10-21(34-5)16-22(20)24/h10-11,14-17,32H,6-9,12-13,18H2,1-5H3/b26-15+. The number of aromatic hydroxyl groups is 1. The molecule has 1 aliphatic rings. The van der Waals surface area contributed by atoms with Crippen LogP contribution in [0.15, 0.2) is 36.2 Å². The normalized spacial score (nSPS) is 14.2. The summed E-state index contributed by atoms with van der Waals surface area (Å²) in [6.07, 6.45) is 8.19. The Kier molecular flexibility index (Phi) is 7.51. The van der Waals surface area contributed by atoms with Crippen LogP contribution in [0.5, 0.6) is 17.2 Å². The summed E-state index contributed by atoms with van der Waals surface area (Å²) in [7, 11) is 3.62. The van der Waals surface area contributed by atoms with Crippen LogP contribution in [0.25, 0.3) is 17.0 Å². The second-order valence-electron chi connectivity index (χ2n) is 9.40. The number of phenolic OH excluding ortho intramolecular Hbond substituents is 1. The average Bonchev–Trinajstić information content (AvgIpc) is 3.34. The maximum Gasteiger partial charge on any atom is 0.232 e. The summed E-state index contributed by atoms with van der Waals surface area (Å²) in [4.78, 5) is 15.8. The first-order valence-corrected chi connectivity index (χ1v) is 12.5. The lowest BCUT2D eigenvalue weighted by Gasteiger charge is -2.23. The smallest absolute Gasteiger partial charge is 0.232 e. The SMILES string of the molecule is CCCCN(CCCC)Cc1c(O)cc(C)c2c1O/C(=C/c1cn(C)c3ccc(OC)cc13)C2=O. The molecule has 2 heterocycles. The van der Waals surface area contributed by atoms with E-state index in [1.165, 1.54) is 0 Å². The highest BCUT2D eigenvalue weighted by atomic mass is 16.5. The lowest BCUT2D eigenvalue weighted by molar-refractivity contribution is 0.101. The Labute approximate surface area is 207 Å². The third kappa shape index (κ3) is 4.94. The summed E-state index contributed by atoms with van der Waals surface area (Å²) in [5, 5.41) is 11.8. The first kappa shape index (κ1) is 24.9. The van der Waals surface area contributed by atoms with Crippen LogP contribution in [0.2, 0.25) is 0 Å². The average molecular weight is 477 g/mol. The van der Waals surface area contributed by atoms with Gasteiger partial charge < -0.3 is 19.1 Å². The van der Waals surface area contributed by atoms with Crippen molar-refractivity contribution in [1.82, 2.24) is 9.47 Å². The number of unbranched alkanes of at least 4 members (excludes halogenated alkanes) is 2. The number of fused-ring (bicyclic) bond motifs is 2. The molecule has 3 aromatic rings. The maximum atomic E-state index is 13.5. The number of ketones is 1. The predicted octanol–water partition coefficient (Wildman–Crippen LogP) is 6.22. The van der Waals surface area contributed by atoms with E-state index in [1.54, 1.807) is 19.3 Å². The van der Waals surface area contributed by atoms with Crippen molar-refractivity contribution in [3.63, 3.8) is 0 Å². The number of phenols is 1. The Morgan fingerprint density at radius 2 is 1.86 bits per heavy atom. The summed E-state index contributed by atoms with van der Waals surface area (Å²) in [6, 6.07) is 7.59. The third-order valence-electron chi connectivity index (χ3n) is 6.77. The molecule has 0 bridgehead atoms. The molecule has 4 rings (SSSR count). The Morgan fingerprint density at radius 1 is 1.14 bits per heavy atom. The van der Waals surface area contributed by atoms with Crippen molar-refractivity contribution in [1.29, 1.82) is 0 Å². The van der Waals surface area contributed by atoms with Crippen LogP contribution < -0.4 is 9.47 Å². The number of Topliss-reactive ketones (excluding diaryl/α,β-unsaturated/α-hetero) is 1. The van der Waals surface area contributed by atoms with Gasteiger partial charge in [0.25, 0.3) is 0 Å². The number of carbonyl (C=O) groups is 1. The van der Waals surface area contributed by atoms with Crippen LogP contribution in [-0.2, 0) is 13.6 Å². The fourth-order valence-electron chi connectivity index (χ4n) is 4.77. The Bertz CT molecular complexity index is 1260. The number of methoxy groups -OCH3 is 1. The van der Waals surface area contributed by atoms with E-state index in [2.05, 4.69) is 18.7 Å². The molecule has 0 saturated carbocycles. The van der Waals surface area contributed by atoms with E-state index in [-0.39, 0.29) is 17.3 Å². The van der Waals surface area contributed by atoms with Gasteiger partial charge in [-0.3, -0.25) is 9.69 Å². The summed E-state index contributed by atoms with van der Waals surface area (Å²) >= 11 is 0. The maximum absolute atomic E-state index is 13.5. The molecular formula is C29H36N2O4. The summed E-state index contributed by atoms with van der Waals surface area (Å²) < 4.78 is 13.7. The molecule has 0 saturated heterocycles. The number of allylic oxidation sites excluding steroid dienone is 1. The minimum Gasteiger partial charge on any atom is -0.507 e. The number of ether oxygens (including phenoxy) is 2. The number of carbonyl (C=O) groups excluding carboxylic acids is 1. The van der Waals surface area contributed by atoms with E-state index >= 15 is 0 Å². The van der Waals surface area contributed by atoms with Crippen LogP contribution in [0.1, 0.15) is 66.6 Å². The first-order chi connectivity index (χ1) is 16.9. The molecule has 0 atom stereocenters. The minimum atomic E-state index is -0.146. The predicted molar refractivity (Wildman–Crippen MR) is 140 cm³/mol. The lowest BCUT2D eigenvalue weighted by atomic mass is 9.99. The minimum absolute atomic E-state index is 0.146. The highest BCUT2D eigenvalue weighted by Gasteiger charge is 2.34. The summed E-state index contributed by atoms with van der Waals surface area (Å²) in [6.45, 7) is 8.67. The molecule has 2 aromatic carbocycles. The Morgan fingerprint density at radius 3 is 2.51 bits per heavy atom. The van der Waals surface area contributed by atoms with Gasteiger partial charge in [0.1, 0.15) is 17.2 Å². The zero-order chi connectivity index (χ0) is 25.1. The van der Waals surface area contributed by atoms with Crippen molar-refractivity contribution in [3.05, 3.63) is 58.5 Å². The highest BCUT2D eigenvalue weighted by molar-refractivity contribution is 6.16. The van der Waals surface area contributed by atoms with E-state index in [9.17, 15) is 9.90 Å². The fraction of sp³-hybridized carbons (Fsp3) is 0.414. The molecule has 6 heteroatoms. The molecule has 0 fully saturated rings. The van der Waals surface area contributed by atoms with Gasteiger partial charge in [-0.1, -0.05) is 26.7 Å². The van der Waals surface area contributed by atoms with Gasteiger partial charge in [0, 0.05) is 36.3 Å². The molecule has 1 aromatic heterocycles. The van der Waals surface area contributed by atoms with Gasteiger partial charge in [-0.05, 0) is 68.8 Å². The number of aryl methyl sites for hydroxylation is 2. The lowest BCUT2D eigenvalue weighted by Crippen LogP contribution is -2.26. The number of hydrogen-bond acceptors (Lipinski definition) is 5. The van der Waals surface area contributed by atoms with E-state index in [0.717, 1.165) is 66.6 Å². The molecule has 1 N–H and O–H groups in total. The van der Waals surface area contributed by atoms with Gasteiger partial charge in [-0.15, -0.1) is 0 Å². The second kappa shape index (κ2) is 10.6. The molecule has 35 heavy (non-hydrogen) atoms. The van der Waals surface area contributed by atoms with Crippen LogP contribution in [-0.4, -0.2) is 40.6 Å². The van der Waals surface area contributed by atoms with E-state index < -0.39 is 0 Å². The molecular weight excluding hydrogens is 440 g/mol. The number of nitrogens with zero attached hydrogens (tertiary/aromatic N) is 2. The Balaban J connectivity index is 1.72. The highest BCUT2D eigenvalue weighted by Crippen LogP contribution is 2.42. The van der Waals surface area contributed by atoms with Crippen LogP contribution in [0.3, 0.4) is 0 Å². The van der Waals surface area contributed by atoms with Crippen LogP contribution in [0.4, 0.5) is 0 Å². The van der Waals surface area contributed by atoms with E-state index in [0.29, 0.717) is 23.4 Å².